The molecule has 4 heterocycles. The number of hydrogen-bond acceptors (Lipinski definition) is 4. The third kappa shape index (κ3) is 5.55. The molecule has 0 unspecified atom stereocenters. The first-order chi connectivity index (χ1) is 31.2. The van der Waals surface area contributed by atoms with Crippen LogP contribution in [0.1, 0.15) is 0 Å². The van der Waals surface area contributed by atoms with E-state index in [0.717, 1.165) is 105 Å². The summed E-state index contributed by atoms with van der Waals surface area (Å²) in [6.07, 6.45) is 0. The van der Waals surface area contributed by atoms with E-state index in [1.165, 1.54) is 0 Å². The van der Waals surface area contributed by atoms with Crippen LogP contribution in [0.3, 0.4) is 0 Å². The number of aromatic nitrogens is 5. The number of para-hydroxylation sites is 3. The molecule has 9 aromatic carbocycles. The van der Waals surface area contributed by atoms with E-state index in [4.69, 9.17) is 19.4 Å². The van der Waals surface area contributed by atoms with Crippen LogP contribution in [-0.2, 0) is 0 Å². The van der Waals surface area contributed by atoms with Crippen LogP contribution in [-0.4, -0.2) is 24.1 Å². The molecule has 0 radical (unpaired) electrons. The van der Waals surface area contributed by atoms with Crippen LogP contribution in [0.5, 0.6) is 0 Å². The fraction of sp³-hybridized carbons (Fsp3) is 0. The fourth-order valence-electron chi connectivity index (χ4n) is 9.57. The molecule has 13 rings (SSSR count). The minimum Gasteiger partial charge on any atom is -0.456 e. The molecule has 0 atom stereocenters. The van der Waals surface area contributed by atoms with Crippen molar-refractivity contribution in [1.29, 1.82) is 0 Å². The summed E-state index contributed by atoms with van der Waals surface area (Å²) in [4.78, 5) is 16.1. The van der Waals surface area contributed by atoms with Gasteiger partial charge in [0.25, 0.3) is 0 Å². The number of hydrogen-bond donors (Lipinski definition) is 0. The van der Waals surface area contributed by atoms with Crippen LogP contribution < -0.4 is 0 Å². The summed E-state index contributed by atoms with van der Waals surface area (Å²) in [6, 6.07) is 74.6. The molecule has 6 nitrogen and oxygen atoms in total. The lowest BCUT2D eigenvalue weighted by Gasteiger charge is -2.16. The predicted octanol–water partition coefficient (Wildman–Crippen LogP) is 14.6. The lowest BCUT2D eigenvalue weighted by atomic mass is 9.98. The smallest absolute Gasteiger partial charge is 0.238 e. The largest absolute Gasteiger partial charge is 0.456 e. The van der Waals surface area contributed by atoms with Gasteiger partial charge in [0.15, 0.2) is 11.6 Å². The zero-order chi connectivity index (χ0) is 41.4. The Hall–Kier alpha value is -8.61. The molecule has 0 N–H and O–H groups in total. The monoisotopic (exact) mass is 805 g/mol. The number of fused-ring (bicyclic) bond motifs is 10. The molecule has 0 amide bonds. The zero-order valence-corrected chi connectivity index (χ0v) is 33.9. The Kier molecular flexibility index (Phi) is 7.80. The lowest BCUT2D eigenvalue weighted by Crippen LogP contribution is -2.07. The number of rotatable bonds is 6. The van der Waals surface area contributed by atoms with Gasteiger partial charge in [0, 0.05) is 49.1 Å². The van der Waals surface area contributed by atoms with Crippen molar-refractivity contribution in [2.24, 2.45) is 0 Å². The topological polar surface area (TPSA) is 61.7 Å². The SMILES string of the molecule is c1ccc(-c2cc(-c3ccccc3)cc(-n3c4ccccc4c4ccc5c6ccccc6n(-c6nc(-c7ccccc7)nc(-c7cccc8oc9ccccc9c78)n6)c5c43)c2)cc1. The third-order valence-electron chi connectivity index (χ3n) is 12.4. The number of furan rings is 1. The Labute approximate surface area is 361 Å². The molecule has 0 spiro atoms. The van der Waals surface area contributed by atoms with Crippen LogP contribution in [0.4, 0.5) is 0 Å². The van der Waals surface area contributed by atoms with Gasteiger partial charge in [-0.15, -0.1) is 0 Å². The first-order valence-corrected chi connectivity index (χ1v) is 21.2. The van der Waals surface area contributed by atoms with Crippen molar-refractivity contribution < 1.29 is 4.42 Å². The molecule has 13 aromatic rings. The second kappa shape index (κ2) is 14.0. The molecule has 6 heteroatoms. The maximum absolute atomic E-state index is 6.37. The zero-order valence-electron chi connectivity index (χ0n) is 33.9. The predicted molar refractivity (Wildman–Crippen MR) is 258 cm³/mol. The number of nitrogens with zero attached hydrogens (tertiary/aromatic N) is 5. The molecule has 0 saturated carbocycles. The molecule has 0 saturated heterocycles. The van der Waals surface area contributed by atoms with E-state index in [-0.39, 0.29) is 0 Å². The van der Waals surface area contributed by atoms with E-state index in [1.54, 1.807) is 0 Å². The highest BCUT2D eigenvalue weighted by atomic mass is 16.3. The highest BCUT2D eigenvalue weighted by Crippen LogP contribution is 2.43. The van der Waals surface area contributed by atoms with E-state index in [2.05, 4.69) is 173 Å². The van der Waals surface area contributed by atoms with Gasteiger partial charge in [-0.25, -0.2) is 4.98 Å². The van der Waals surface area contributed by atoms with Crippen molar-refractivity contribution in [3.63, 3.8) is 0 Å². The standard InChI is InChI=1S/C57H35N5O/c1-4-17-36(18-5-1)39-33-40(37-19-6-2-7-20-37)35-41(34-39)61-48-27-13-10-23-42(48)44-31-32-45-43-24-11-14-28-49(43)62(54(45)53(44)61)57-59-55(38-21-8-3-9-22-38)58-56(60-57)47-26-16-30-51-52(47)46-25-12-15-29-50(46)63-51/h1-35H. The lowest BCUT2D eigenvalue weighted by molar-refractivity contribution is 0.669. The summed E-state index contributed by atoms with van der Waals surface area (Å²) >= 11 is 0. The summed E-state index contributed by atoms with van der Waals surface area (Å²) in [5.74, 6) is 1.68. The highest BCUT2D eigenvalue weighted by Gasteiger charge is 2.25. The highest BCUT2D eigenvalue weighted by molar-refractivity contribution is 6.24. The molecule has 0 bridgehead atoms. The second-order valence-corrected chi connectivity index (χ2v) is 16.0. The average Bonchev–Trinajstić information content (AvgIpc) is 4.03. The molecule has 4 aromatic heterocycles. The van der Waals surface area contributed by atoms with Crippen molar-refractivity contribution in [2.75, 3.05) is 0 Å². The van der Waals surface area contributed by atoms with Gasteiger partial charge in [0.1, 0.15) is 11.2 Å². The van der Waals surface area contributed by atoms with Gasteiger partial charge in [-0.1, -0.05) is 170 Å². The van der Waals surface area contributed by atoms with E-state index < -0.39 is 0 Å². The first kappa shape index (κ1) is 35.2. The van der Waals surface area contributed by atoms with Gasteiger partial charge in [-0.3, -0.25) is 4.57 Å². The molecular formula is C57H35N5O. The van der Waals surface area contributed by atoms with Crippen molar-refractivity contribution in [3.05, 3.63) is 212 Å². The van der Waals surface area contributed by atoms with Gasteiger partial charge in [0.05, 0.1) is 22.1 Å². The Balaban J connectivity index is 1.17. The van der Waals surface area contributed by atoms with Gasteiger partial charge < -0.3 is 8.98 Å². The Morgan fingerprint density at radius 3 is 1.49 bits per heavy atom. The molecular weight excluding hydrogens is 771 g/mol. The minimum absolute atomic E-state index is 0.530. The van der Waals surface area contributed by atoms with E-state index in [0.29, 0.717) is 17.6 Å². The third-order valence-corrected chi connectivity index (χ3v) is 12.4. The molecule has 63 heavy (non-hydrogen) atoms. The van der Waals surface area contributed by atoms with Gasteiger partial charge in [0.2, 0.25) is 5.95 Å². The van der Waals surface area contributed by atoms with Crippen LogP contribution in [0.25, 0.3) is 122 Å². The second-order valence-electron chi connectivity index (χ2n) is 16.0. The van der Waals surface area contributed by atoms with Crippen molar-refractivity contribution in [1.82, 2.24) is 24.1 Å². The van der Waals surface area contributed by atoms with E-state index in [1.807, 2.05) is 48.5 Å². The maximum Gasteiger partial charge on any atom is 0.238 e. The van der Waals surface area contributed by atoms with Crippen LogP contribution in [0.15, 0.2) is 217 Å². The molecule has 0 fully saturated rings. The molecule has 0 aliphatic carbocycles. The molecule has 0 aliphatic heterocycles. The summed E-state index contributed by atoms with van der Waals surface area (Å²) in [5, 5.41) is 6.51. The molecule has 294 valence electrons. The van der Waals surface area contributed by atoms with Crippen molar-refractivity contribution >= 4 is 65.6 Å². The van der Waals surface area contributed by atoms with Gasteiger partial charge >= 0.3 is 0 Å². The quantitative estimate of drug-likeness (QED) is 0.168. The maximum atomic E-state index is 6.37. The van der Waals surface area contributed by atoms with Crippen molar-refractivity contribution in [3.8, 4) is 56.7 Å². The van der Waals surface area contributed by atoms with Crippen molar-refractivity contribution in [2.45, 2.75) is 0 Å². The number of benzene rings is 9. The normalized spacial score (nSPS) is 11.8. The Bertz CT molecular complexity index is 3850. The fourth-order valence-corrected chi connectivity index (χ4v) is 9.57. The van der Waals surface area contributed by atoms with Crippen LogP contribution in [0, 0.1) is 0 Å². The van der Waals surface area contributed by atoms with Gasteiger partial charge in [-0.05, 0) is 64.7 Å². The summed E-state index contributed by atoms with van der Waals surface area (Å²) < 4.78 is 11.1. The van der Waals surface area contributed by atoms with E-state index >= 15 is 0 Å². The average molecular weight is 806 g/mol. The summed E-state index contributed by atoms with van der Waals surface area (Å²) in [5.41, 5.74) is 13.2. The minimum atomic E-state index is 0.530. The van der Waals surface area contributed by atoms with Gasteiger partial charge in [-0.2, -0.15) is 9.97 Å². The Morgan fingerprint density at radius 1 is 0.333 bits per heavy atom. The van der Waals surface area contributed by atoms with Crippen LogP contribution >= 0.6 is 0 Å². The first-order valence-electron chi connectivity index (χ1n) is 21.2. The Morgan fingerprint density at radius 2 is 0.841 bits per heavy atom. The summed E-state index contributed by atoms with van der Waals surface area (Å²) in [7, 11) is 0. The van der Waals surface area contributed by atoms with Crippen LogP contribution in [0.2, 0.25) is 0 Å². The van der Waals surface area contributed by atoms with E-state index in [9.17, 15) is 0 Å². The molecule has 0 aliphatic rings. The summed E-state index contributed by atoms with van der Waals surface area (Å²) in [6.45, 7) is 0.